The third-order valence-corrected chi connectivity index (χ3v) is 3.58. The van der Waals surface area contributed by atoms with Crippen LogP contribution in [0, 0.1) is 0 Å². The molecule has 0 bridgehead atoms. The van der Waals surface area contributed by atoms with Gasteiger partial charge in [-0.25, -0.2) is 0 Å². The van der Waals surface area contributed by atoms with Crippen molar-refractivity contribution in [2.75, 3.05) is 11.9 Å². The molecule has 0 amide bonds. The highest BCUT2D eigenvalue weighted by atomic mass is 35.5. The van der Waals surface area contributed by atoms with E-state index in [2.05, 4.69) is 4.90 Å². The maximum atomic E-state index is 9.10. The summed E-state index contributed by atoms with van der Waals surface area (Å²) >= 11 is 12.0. The average molecular weight is 296 g/mol. The standard InChI is InChI=1S/C15H15Cl2NO/c1-18(9-11-2-5-13(16)6-3-11)14-7-4-12(10-19)15(17)8-14/h2-8,19H,9-10H2,1H3. The molecule has 2 aromatic rings. The molecule has 19 heavy (non-hydrogen) atoms. The molecule has 2 rings (SSSR count). The largest absolute Gasteiger partial charge is 0.392 e. The predicted molar refractivity (Wildman–Crippen MR) is 80.9 cm³/mol. The molecular weight excluding hydrogens is 281 g/mol. The summed E-state index contributed by atoms with van der Waals surface area (Å²) < 4.78 is 0. The van der Waals surface area contributed by atoms with Crippen LogP contribution in [0.25, 0.3) is 0 Å². The number of benzene rings is 2. The Bertz CT molecular complexity index is 555. The number of aliphatic hydroxyl groups excluding tert-OH is 1. The van der Waals surface area contributed by atoms with E-state index < -0.39 is 0 Å². The van der Waals surface area contributed by atoms with E-state index in [4.69, 9.17) is 28.3 Å². The van der Waals surface area contributed by atoms with Gasteiger partial charge in [0.15, 0.2) is 0 Å². The van der Waals surface area contributed by atoms with E-state index in [1.807, 2.05) is 49.5 Å². The monoisotopic (exact) mass is 295 g/mol. The Morgan fingerprint density at radius 2 is 1.74 bits per heavy atom. The highest BCUT2D eigenvalue weighted by Gasteiger charge is 2.05. The van der Waals surface area contributed by atoms with E-state index >= 15 is 0 Å². The van der Waals surface area contributed by atoms with Gasteiger partial charge >= 0.3 is 0 Å². The Morgan fingerprint density at radius 1 is 1.05 bits per heavy atom. The molecule has 0 radical (unpaired) electrons. The summed E-state index contributed by atoms with van der Waals surface area (Å²) in [4.78, 5) is 2.09. The van der Waals surface area contributed by atoms with E-state index in [1.54, 1.807) is 0 Å². The fourth-order valence-corrected chi connectivity index (χ4v) is 2.22. The first kappa shape index (κ1) is 14.2. The van der Waals surface area contributed by atoms with Gasteiger partial charge in [-0.05, 0) is 35.4 Å². The van der Waals surface area contributed by atoms with E-state index in [1.165, 1.54) is 5.56 Å². The molecular formula is C15H15Cl2NO. The maximum absolute atomic E-state index is 9.10. The van der Waals surface area contributed by atoms with Crippen LogP contribution in [0.3, 0.4) is 0 Å². The predicted octanol–water partition coefficient (Wildman–Crippen LogP) is 4.12. The molecule has 0 atom stereocenters. The Hall–Kier alpha value is -1.22. The van der Waals surface area contributed by atoms with Crippen molar-refractivity contribution in [2.24, 2.45) is 0 Å². The van der Waals surface area contributed by atoms with Gasteiger partial charge in [0.1, 0.15) is 0 Å². The van der Waals surface area contributed by atoms with E-state index in [9.17, 15) is 0 Å². The first-order valence-corrected chi connectivity index (χ1v) is 6.70. The number of hydrogen-bond acceptors (Lipinski definition) is 2. The smallest absolute Gasteiger partial charge is 0.0696 e. The lowest BCUT2D eigenvalue weighted by Crippen LogP contribution is -2.16. The minimum Gasteiger partial charge on any atom is -0.392 e. The summed E-state index contributed by atoms with van der Waals surface area (Å²) in [5, 5.41) is 10.4. The highest BCUT2D eigenvalue weighted by Crippen LogP contribution is 2.24. The van der Waals surface area contributed by atoms with Crippen LogP contribution in [-0.2, 0) is 13.2 Å². The van der Waals surface area contributed by atoms with Crippen LogP contribution in [0.1, 0.15) is 11.1 Å². The fraction of sp³-hybridized carbons (Fsp3) is 0.200. The first-order valence-electron chi connectivity index (χ1n) is 5.95. The lowest BCUT2D eigenvalue weighted by molar-refractivity contribution is 0.282. The number of hydrogen-bond donors (Lipinski definition) is 1. The van der Waals surface area contributed by atoms with Gasteiger partial charge in [0.05, 0.1) is 6.61 Å². The molecule has 2 nitrogen and oxygen atoms in total. The van der Waals surface area contributed by atoms with Crippen LogP contribution in [0.2, 0.25) is 10.0 Å². The molecule has 1 N–H and O–H groups in total. The highest BCUT2D eigenvalue weighted by molar-refractivity contribution is 6.31. The molecule has 2 aromatic carbocycles. The number of halogens is 2. The summed E-state index contributed by atoms with van der Waals surface area (Å²) in [7, 11) is 2.00. The lowest BCUT2D eigenvalue weighted by Gasteiger charge is -2.20. The van der Waals surface area contributed by atoms with Crippen LogP contribution >= 0.6 is 23.2 Å². The zero-order valence-corrected chi connectivity index (χ0v) is 12.1. The van der Waals surface area contributed by atoms with Gasteiger partial charge in [0.25, 0.3) is 0 Å². The van der Waals surface area contributed by atoms with Gasteiger partial charge in [-0.1, -0.05) is 41.4 Å². The SMILES string of the molecule is CN(Cc1ccc(Cl)cc1)c1ccc(CO)c(Cl)c1. The molecule has 0 heterocycles. The zero-order valence-electron chi connectivity index (χ0n) is 10.6. The molecule has 0 fully saturated rings. The molecule has 0 unspecified atom stereocenters. The Labute approximate surface area is 123 Å². The number of aliphatic hydroxyl groups is 1. The third-order valence-electron chi connectivity index (χ3n) is 2.98. The van der Waals surface area contributed by atoms with Crippen molar-refractivity contribution in [1.82, 2.24) is 0 Å². The van der Waals surface area contributed by atoms with Crippen LogP contribution in [-0.4, -0.2) is 12.2 Å². The van der Waals surface area contributed by atoms with Crippen molar-refractivity contribution >= 4 is 28.9 Å². The van der Waals surface area contributed by atoms with Crippen molar-refractivity contribution in [2.45, 2.75) is 13.2 Å². The van der Waals surface area contributed by atoms with Crippen LogP contribution in [0.15, 0.2) is 42.5 Å². The number of rotatable bonds is 4. The average Bonchev–Trinajstić information content (AvgIpc) is 2.41. The lowest BCUT2D eigenvalue weighted by atomic mass is 10.1. The quantitative estimate of drug-likeness (QED) is 0.917. The van der Waals surface area contributed by atoms with Gasteiger partial charge in [0.2, 0.25) is 0 Å². The Balaban J connectivity index is 2.13. The number of anilines is 1. The number of nitrogens with zero attached hydrogens (tertiary/aromatic N) is 1. The van der Waals surface area contributed by atoms with Crippen molar-refractivity contribution in [3.63, 3.8) is 0 Å². The summed E-state index contributed by atoms with van der Waals surface area (Å²) in [6.45, 7) is 0.728. The molecule has 100 valence electrons. The third kappa shape index (κ3) is 3.63. The topological polar surface area (TPSA) is 23.5 Å². The van der Waals surface area contributed by atoms with Crippen molar-refractivity contribution in [1.29, 1.82) is 0 Å². The second-order valence-electron chi connectivity index (χ2n) is 4.42. The molecule has 4 heteroatoms. The van der Waals surface area contributed by atoms with Gasteiger partial charge in [-0.2, -0.15) is 0 Å². The van der Waals surface area contributed by atoms with Gasteiger partial charge in [0, 0.05) is 29.3 Å². The van der Waals surface area contributed by atoms with Crippen LogP contribution < -0.4 is 4.90 Å². The molecule has 0 saturated heterocycles. The zero-order chi connectivity index (χ0) is 13.8. The van der Waals surface area contributed by atoms with E-state index in [0.29, 0.717) is 5.02 Å². The van der Waals surface area contributed by atoms with Crippen LogP contribution in [0.5, 0.6) is 0 Å². The normalized spacial score (nSPS) is 10.5. The first-order chi connectivity index (χ1) is 9.10. The maximum Gasteiger partial charge on any atom is 0.0696 e. The Kier molecular flexibility index (Phi) is 4.70. The van der Waals surface area contributed by atoms with Crippen molar-refractivity contribution < 1.29 is 5.11 Å². The fourth-order valence-electron chi connectivity index (χ4n) is 1.86. The Morgan fingerprint density at radius 3 is 2.32 bits per heavy atom. The summed E-state index contributed by atoms with van der Waals surface area (Å²) in [6, 6.07) is 13.4. The van der Waals surface area contributed by atoms with Gasteiger partial charge in [-0.15, -0.1) is 0 Å². The molecule has 0 aromatic heterocycles. The minimum atomic E-state index is -0.0417. The van der Waals surface area contributed by atoms with Gasteiger partial charge in [-0.3, -0.25) is 0 Å². The second kappa shape index (κ2) is 6.29. The molecule has 0 saturated carbocycles. The molecule has 0 spiro atoms. The van der Waals surface area contributed by atoms with E-state index in [0.717, 1.165) is 22.8 Å². The second-order valence-corrected chi connectivity index (χ2v) is 5.26. The molecule has 0 aliphatic rings. The molecule has 0 aliphatic carbocycles. The van der Waals surface area contributed by atoms with Crippen molar-refractivity contribution in [3.8, 4) is 0 Å². The van der Waals surface area contributed by atoms with Crippen LogP contribution in [0.4, 0.5) is 5.69 Å². The summed E-state index contributed by atoms with van der Waals surface area (Å²) in [6.07, 6.45) is 0. The minimum absolute atomic E-state index is 0.0417. The molecule has 0 aliphatic heterocycles. The van der Waals surface area contributed by atoms with E-state index in [-0.39, 0.29) is 6.61 Å². The summed E-state index contributed by atoms with van der Waals surface area (Å²) in [5.74, 6) is 0. The van der Waals surface area contributed by atoms with Gasteiger partial charge < -0.3 is 10.0 Å². The van der Waals surface area contributed by atoms with Crippen molar-refractivity contribution in [3.05, 3.63) is 63.6 Å². The summed E-state index contributed by atoms with van der Waals surface area (Å²) in [5.41, 5.74) is 2.93.